The average Bonchev–Trinajstić information content (AvgIpc) is 1.47. The maximum Gasteiger partial charge on any atom is 0.127 e. The summed E-state index contributed by atoms with van der Waals surface area (Å²) in [6.07, 6.45) is 35.1. The van der Waals surface area contributed by atoms with Crippen LogP contribution in [0.2, 0.25) is 0 Å². The molecular weight excluding hydrogens is 1610 g/mol. The highest BCUT2D eigenvalue weighted by atomic mass is 16.5. The summed E-state index contributed by atoms with van der Waals surface area (Å²) in [6.45, 7) is 61.2. The van der Waals surface area contributed by atoms with Crippen LogP contribution in [-0.4, -0.2) is 64.2 Å². The highest BCUT2D eigenvalue weighted by molar-refractivity contribution is 5.60. The van der Waals surface area contributed by atoms with E-state index in [1.807, 2.05) is 36.4 Å². The molecule has 8 aliphatic carbocycles. The summed E-state index contributed by atoms with van der Waals surface area (Å²) in [5.74, 6) is 15.0. The maximum atomic E-state index is 10.7. The molecule has 6 heterocycles. The summed E-state index contributed by atoms with van der Waals surface area (Å²) >= 11 is 0. The molecule has 130 heavy (non-hydrogen) atoms. The minimum Gasteiger partial charge on any atom is -0.508 e. The molecular formula is C118H164O12. The zero-order chi connectivity index (χ0) is 93.6. The summed E-state index contributed by atoms with van der Waals surface area (Å²) in [7, 11) is 0. The molecule has 0 spiro atoms. The quantitative estimate of drug-likeness (QED) is 0.0316. The molecule has 6 N–H and O–H groups in total. The number of aryl methyl sites for hydroxylation is 6. The van der Waals surface area contributed by atoms with E-state index in [-0.39, 0.29) is 44.4 Å². The first-order valence-corrected chi connectivity index (χ1v) is 51.4. The minimum atomic E-state index is -0.0852. The number of unbranched alkanes of at least 4 members (excludes halogenated alkanes) is 4. The molecule has 12 nitrogen and oxygen atoms in total. The van der Waals surface area contributed by atoms with E-state index in [9.17, 15) is 30.6 Å². The van der Waals surface area contributed by atoms with E-state index in [0.717, 1.165) is 234 Å². The van der Waals surface area contributed by atoms with Crippen molar-refractivity contribution in [3.05, 3.63) is 188 Å². The van der Waals surface area contributed by atoms with Crippen LogP contribution in [0.1, 0.15) is 408 Å². The van der Waals surface area contributed by atoms with Gasteiger partial charge in [0.1, 0.15) is 103 Å². The van der Waals surface area contributed by atoms with Gasteiger partial charge in [-0.3, -0.25) is 0 Å². The zero-order valence-corrected chi connectivity index (χ0v) is 83.6. The van der Waals surface area contributed by atoms with Crippen molar-refractivity contribution < 1.29 is 59.1 Å². The number of hydrogen-bond acceptors (Lipinski definition) is 12. The Kier molecular flexibility index (Phi) is 27.7. The summed E-state index contributed by atoms with van der Waals surface area (Å²) in [6, 6.07) is 24.7. The van der Waals surface area contributed by atoms with E-state index >= 15 is 0 Å². The van der Waals surface area contributed by atoms with Crippen LogP contribution >= 0.6 is 0 Å². The van der Waals surface area contributed by atoms with Crippen molar-refractivity contribution in [2.75, 3.05) is 0 Å². The predicted molar refractivity (Wildman–Crippen MR) is 530 cm³/mol. The summed E-state index contributed by atoms with van der Waals surface area (Å²) in [4.78, 5) is 0. The third-order valence-electron chi connectivity index (χ3n) is 35.0. The van der Waals surface area contributed by atoms with Crippen LogP contribution in [0.15, 0.2) is 121 Å². The van der Waals surface area contributed by atoms with Gasteiger partial charge in [0.2, 0.25) is 0 Å². The Balaban J connectivity index is 0.000000120. The number of allylic oxidation sites excluding steroid dienone is 4. The van der Waals surface area contributed by atoms with Gasteiger partial charge in [0, 0.05) is 80.7 Å². The zero-order valence-electron chi connectivity index (χ0n) is 83.6. The van der Waals surface area contributed by atoms with Gasteiger partial charge in [0.25, 0.3) is 0 Å². The van der Waals surface area contributed by atoms with Gasteiger partial charge >= 0.3 is 0 Å². The van der Waals surface area contributed by atoms with Crippen LogP contribution in [0.3, 0.4) is 0 Å². The van der Waals surface area contributed by atoms with E-state index in [0.29, 0.717) is 106 Å². The van der Waals surface area contributed by atoms with E-state index in [2.05, 4.69) is 201 Å². The molecule has 6 aromatic rings. The van der Waals surface area contributed by atoms with Gasteiger partial charge in [-0.15, -0.1) is 0 Å². The van der Waals surface area contributed by atoms with E-state index < -0.39 is 0 Å². The number of rotatable bonds is 20. The van der Waals surface area contributed by atoms with Crippen molar-refractivity contribution >= 4 is 0 Å². The molecule has 20 rings (SSSR count). The van der Waals surface area contributed by atoms with E-state index in [4.69, 9.17) is 28.4 Å². The molecule has 12 heteroatoms. The fraction of sp³-hybridized carbons (Fsp3) is 0.627. The van der Waals surface area contributed by atoms with Crippen LogP contribution < -0.4 is 28.4 Å². The highest BCUT2D eigenvalue weighted by Crippen LogP contribution is 2.76. The molecule has 8 fully saturated rings. The molecule has 708 valence electrons. The number of phenolic OH excluding ortho intramolecular Hbond substituents is 6. The minimum absolute atomic E-state index is 0.0187. The van der Waals surface area contributed by atoms with Gasteiger partial charge in [0.15, 0.2) is 0 Å². The van der Waals surface area contributed by atoms with Gasteiger partial charge in [-0.05, 0) is 376 Å². The fourth-order valence-corrected chi connectivity index (χ4v) is 28.6. The van der Waals surface area contributed by atoms with Gasteiger partial charge in [-0.2, -0.15) is 0 Å². The largest absolute Gasteiger partial charge is 0.508 e. The van der Waals surface area contributed by atoms with Crippen molar-refractivity contribution in [2.45, 2.75) is 413 Å². The van der Waals surface area contributed by atoms with Gasteiger partial charge in [-0.1, -0.05) is 169 Å². The first kappa shape index (κ1) is 96.5. The van der Waals surface area contributed by atoms with Crippen molar-refractivity contribution in [2.24, 2.45) is 58.2 Å². The predicted octanol–water partition coefficient (Wildman–Crippen LogP) is 30.7. The second-order valence-corrected chi connectivity index (χ2v) is 46.3. The van der Waals surface area contributed by atoms with Gasteiger partial charge in [0.05, 0.1) is 0 Å². The average molecular weight is 1770 g/mol. The van der Waals surface area contributed by atoms with Crippen LogP contribution in [0.25, 0.3) is 0 Å². The number of fused-ring (bicyclic) bond motifs is 20. The van der Waals surface area contributed by atoms with E-state index in [1.54, 1.807) is 0 Å². The molecule has 0 aromatic heterocycles. The molecule has 0 unspecified atom stereocenters. The summed E-state index contributed by atoms with van der Waals surface area (Å²) in [5, 5.41) is 63.7. The fourth-order valence-electron chi connectivity index (χ4n) is 28.6. The second-order valence-electron chi connectivity index (χ2n) is 46.3. The molecule has 8 saturated carbocycles. The molecule has 6 aliphatic heterocycles. The van der Waals surface area contributed by atoms with Crippen molar-refractivity contribution in [1.82, 2.24) is 0 Å². The van der Waals surface area contributed by atoms with E-state index in [1.165, 1.54) is 107 Å². The summed E-state index contributed by atoms with van der Waals surface area (Å²) < 4.78 is 38.2. The SMILES string of the molecule is C=C(C)[C@@H]1CC[C@@]2(C)C[C@@H]1c1c(O)cc(CCC)cc1O2.C=C(C)[C@@H]1CC[C@]2(C)C[C@H]1c1c(O)cc(CCC)cc1O2.C=C(C)[C@@H]1CC[C@]2(C)C[C@H]1c1c(O)cc(CCCCC)cc1O2.C=C(C)[C@H]1CC[C@]2(C)C[C@H]1c1c(O)cc(CCC)cc1O2.CCCCCc1cc(O)c2c(c1)O[C@]1(C)CC[C@H]3[C@@H]1[C@@H]2C3(C)C.CCCc1cc(O)c2c(c1)O[C@]1(C)CC[C@H]3[C@@H]1[C@@H]2C3(C)C. The van der Waals surface area contributed by atoms with Crippen molar-refractivity contribution in [1.29, 1.82) is 0 Å². The third kappa shape index (κ3) is 18.3. The lowest BCUT2D eigenvalue weighted by Crippen LogP contribution is -2.59. The molecule has 20 atom stereocenters. The molecule has 0 amide bonds. The van der Waals surface area contributed by atoms with Gasteiger partial charge < -0.3 is 59.1 Å². The van der Waals surface area contributed by atoms with Crippen LogP contribution in [0, 0.1) is 58.2 Å². The monoisotopic (exact) mass is 1770 g/mol. The maximum absolute atomic E-state index is 10.7. The molecule has 8 bridgehead atoms. The number of aromatic hydroxyl groups is 6. The summed E-state index contributed by atoms with van der Waals surface area (Å²) in [5.41, 5.74) is 18.5. The molecule has 0 radical (unpaired) electrons. The first-order valence-electron chi connectivity index (χ1n) is 51.4. The molecule has 14 aliphatic rings. The third-order valence-corrected chi connectivity index (χ3v) is 35.0. The van der Waals surface area contributed by atoms with Crippen LogP contribution in [0.4, 0.5) is 0 Å². The number of benzene rings is 6. The Hall–Kier alpha value is -8.12. The van der Waals surface area contributed by atoms with Crippen LogP contribution in [0.5, 0.6) is 69.0 Å². The Morgan fingerprint density at radius 2 is 0.508 bits per heavy atom. The Morgan fingerprint density at radius 3 is 0.731 bits per heavy atom. The smallest absolute Gasteiger partial charge is 0.127 e. The Labute approximate surface area is 782 Å². The lowest BCUT2D eigenvalue weighted by molar-refractivity contribution is -0.121. The highest BCUT2D eigenvalue weighted by Gasteiger charge is 2.71. The lowest BCUT2D eigenvalue weighted by atomic mass is 9.45. The standard InChI is InChI=1S/2C21H30O2.4C19H26O2/c1-5-6-7-8-13-11-15(22)17-16(12-13)23-21(4)10-9-14-18(21)19(17)20(14,2)3;1-5-6-7-8-15-11-18(22)20-17-13-21(4,23-19(20)12-15)10-9-16(17)14(2)3;1-5-6-11-9-13(20)15-14(10-11)21-19(4)8-7-12-16(19)17(15)18(12,2)3;3*1-5-6-13-9-16(20)18-15-11-19(4,21-17(18)10-13)8-7-14(15)12(2)3/h11-12,14,18-19,22H,5-10H2,1-4H3;11-12,16-17,22H,2,5-10,13H2,1,3-4H3;9-10,12,16-17,20H,5-8H2,1-4H3;3*9-10,14-15,20H,2,5-8,11H2,1,3-4H3/t14-,18+,19+,21+;16-,17+,21+;12-,16+,17+,19+;14-,15+,19+;2*14-,15-,19-/m000010/s1. The molecule has 0 saturated heterocycles. The van der Waals surface area contributed by atoms with Crippen molar-refractivity contribution in [3.8, 4) is 69.0 Å². The first-order chi connectivity index (χ1) is 61.5. The second kappa shape index (κ2) is 37.3. The number of phenols is 6. The van der Waals surface area contributed by atoms with Crippen LogP contribution in [-0.2, 0) is 38.5 Å². The molecule has 6 aromatic carbocycles. The Bertz CT molecular complexity index is 4970. The normalized spacial score (nSPS) is 32.4. The number of ether oxygens (including phenoxy) is 6. The van der Waals surface area contributed by atoms with Gasteiger partial charge in [-0.25, -0.2) is 0 Å². The van der Waals surface area contributed by atoms with Crippen molar-refractivity contribution in [3.63, 3.8) is 0 Å². The Morgan fingerprint density at radius 1 is 0.285 bits per heavy atom. The number of hydrogen-bond donors (Lipinski definition) is 6. The lowest BCUT2D eigenvalue weighted by Gasteiger charge is -2.62. The topological polar surface area (TPSA) is 177 Å².